The van der Waals surface area contributed by atoms with Crippen molar-refractivity contribution in [3.8, 4) is 0 Å². The lowest BCUT2D eigenvalue weighted by Crippen LogP contribution is -2.51. The van der Waals surface area contributed by atoms with Gasteiger partial charge in [0.15, 0.2) is 0 Å². The Kier molecular flexibility index (Phi) is 5.80. The van der Waals surface area contributed by atoms with Gasteiger partial charge in [-0.05, 0) is 44.9 Å². The van der Waals surface area contributed by atoms with Gasteiger partial charge in [-0.2, -0.15) is 0 Å². The zero-order valence-corrected chi connectivity index (χ0v) is 14.2. The van der Waals surface area contributed by atoms with Crippen LogP contribution in [0.2, 0.25) is 0 Å². The predicted molar refractivity (Wildman–Crippen MR) is 85.7 cm³/mol. The number of nitrogens with zero attached hydrogens (tertiary/aromatic N) is 1. The summed E-state index contributed by atoms with van der Waals surface area (Å²) in [6.45, 7) is 6.69. The Morgan fingerprint density at radius 2 is 2.00 bits per heavy atom. The molecule has 1 heterocycles. The molecule has 5 nitrogen and oxygen atoms in total. The average molecular weight is 314 g/mol. The molecular weight excluding hydrogens is 283 g/mol. The average Bonchev–Trinajstić information content (AvgIpc) is 2.78. The quantitative estimate of drug-likeness (QED) is 0.725. The van der Waals surface area contributed by atoms with E-state index >= 15 is 0 Å². The Labute approximate surface area is 133 Å². The van der Waals surface area contributed by atoms with E-state index in [2.05, 4.69) is 17.8 Å². The number of halogens is 1. The van der Waals surface area contributed by atoms with Crippen molar-refractivity contribution in [2.45, 2.75) is 64.3 Å². The summed E-state index contributed by atoms with van der Waals surface area (Å²) in [7, 11) is 1.82. The molecule has 1 amide bonds. The van der Waals surface area contributed by atoms with Gasteiger partial charge in [-0.1, -0.05) is 6.92 Å². The van der Waals surface area contributed by atoms with Crippen LogP contribution in [0.1, 0.15) is 40.0 Å². The molecule has 0 radical (unpaired) electrons. The van der Waals surface area contributed by atoms with Gasteiger partial charge in [-0.25, -0.2) is 9.82 Å². The van der Waals surface area contributed by atoms with E-state index in [1.54, 1.807) is 4.90 Å². The molecular formula is C16H31FN4O. The SMILES string of the molecule is CC1CC(F)CC(CN(C)C(=O)C2NNC(C)C2C(C)N)C1. The van der Waals surface area contributed by atoms with Gasteiger partial charge in [0.1, 0.15) is 12.2 Å². The Morgan fingerprint density at radius 1 is 1.32 bits per heavy atom. The molecule has 2 aliphatic rings. The van der Waals surface area contributed by atoms with E-state index in [0.717, 1.165) is 6.42 Å². The monoisotopic (exact) mass is 314 g/mol. The molecule has 0 aromatic heterocycles. The van der Waals surface area contributed by atoms with E-state index in [1.807, 2.05) is 20.9 Å². The number of hydrogen-bond acceptors (Lipinski definition) is 4. The number of carbonyl (C=O) groups excluding carboxylic acids is 1. The number of alkyl halides is 1. The molecule has 0 bridgehead atoms. The number of rotatable bonds is 4. The van der Waals surface area contributed by atoms with Gasteiger partial charge in [-0.3, -0.25) is 10.2 Å². The molecule has 2 fully saturated rings. The summed E-state index contributed by atoms with van der Waals surface area (Å²) in [5.41, 5.74) is 12.2. The van der Waals surface area contributed by atoms with Gasteiger partial charge < -0.3 is 10.6 Å². The fourth-order valence-corrected chi connectivity index (χ4v) is 4.21. The molecule has 1 saturated heterocycles. The molecule has 22 heavy (non-hydrogen) atoms. The van der Waals surface area contributed by atoms with E-state index in [4.69, 9.17) is 5.73 Å². The highest BCUT2D eigenvalue weighted by molar-refractivity contribution is 5.82. The molecule has 4 N–H and O–H groups in total. The molecule has 7 unspecified atom stereocenters. The maximum atomic E-state index is 13.7. The van der Waals surface area contributed by atoms with Crippen LogP contribution in [0.15, 0.2) is 0 Å². The number of likely N-dealkylation sites (N-methyl/N-ethyl adjacent to an activating group) is 1. The second-order valence-corrected chi connectivity index (χ2v) is 7.49. The molecule has 128 valence electrons. The van der Waals surface area contributed by atoms with Crippen molar-refractivity contribution in [3.05, 3.63) is 0 Å². The minimum atomic E-state index is -0.722. The molecule has 6 heteroatoms. The molecule has 7 atom stereocenters. The Hall–Kier alpha value is -0.720. The van der Waals surface area contributed by atoms with E-state index in [9.17, 15) is 9.18 Å². The van der Waals surface area contributed by atoms with Gasteiger partial charge in [0.25, 0.3) is 0 Å². The third-order valence-electron chi connectivity index (χ3n) is 5.19. The van der Waals surface area contributed by atoms with E-state index < -0.39 is 6.17 Å². The zero-order chi connectivity index (χ0) is 16.4. The maximum Gasteiger partial charge on any atom is 0.241 e. The van der Waals surface area contributed by atoms with Crippen molar-refractivity contribution in [2.24, 2.45) is 23.5 Å². The first-order valence-electron chi connectivity index (χ1n) is 8.45. The van der Waals surface area contributed by atoms with Crippen LogP contribution in [0, 0.1) is 17.8 Å². The first-order chi connectivity index (χ1) is 10.3. The number of nitrogens with two attached hydrogens (primary N) is 1. The summed E-state index contributed by atoms with van der Waals surface area (Å²) >= 11 is 0. The minimum Gasteiger partial charge on any atom is -0.344 e. The number of hydrogen-bond donors (Lipinski definition) is 3. The first kappa shape index (κ1) is 17.6. The van der Waals surface area contributed by atoms with Gasteiger partial charge in [0.05, 0.1) is 0 Å². The number of carbonyl (C=O) groups is 1. The lowest BCUT2D eigenvalue weighted by atomic mass is 9.81. The van der Waals surface area contributed by atoms with E-state index in [0.29, 0.717) is 25.3 Å². The first-order valence-corrected chi connectivity index (χ1v) is 8.45. The number of hydrazine groups is 1. The van der Waals surface area contributed by atoms with Crippen molar-refractivity contribution in [1.29, 1.82) is 0 Å². The van der Waals surface area contributed by atoms with E-state index in [1.165, 1.54) is 0 Å². The summed E-state index contributed by atoms with van der Waals surface area (Å²) in [5.74, 6) is 0.774. The molecule has 1 saturated carbocycles. The predicted octanol–water partition coefficient (Wildman–Crippen LogP) is 1.05. The second kappa shape index (κ2) is 7.23. The van der Waals surface area contributed by atoms with Crippen LogP contribution in [0.4, 0.5) is 4.39 Å². The standard InChI is InChI=1S/C16H31FN4O/c1-9-5-12(7-13(17)6-9)8-21(4)16(22)15-14(10(2)18)11(3)19-20-15/h9-15,19-20H,5-8,18H2,1-4H3. The minimum absolute atomic E-state index is 0.0489. The van der Waals surface area contributed by atoms with Crippen LogP contribution in [-0.2, 0) is 4.79 Å². The van der Waals surface area contributed by atoms with Crippen molar-refractivity contribution in [1.82, 2.24) is 15.8 Å². The number of amides is 1. The summed E-state index contributed by atoms with van der Waals surface area (Å²) < 4.78 is 13.7. The van der Waals surface area contributed by atoms with Gasteiger partial charge in [0.2, 0.25) is 5.91 Å². The summed E-state index contributed by atoms with van der Waals surface area (Å²) in [4.78, 5) is 14.5. The Balaban J connectivity index is 1.94. The lowest BCUT2D eigenvalue weighted by molar-refractivity contribution is -0.134. The molecule has 1 aliphatic carbocycles. The highest BCUT2D eigenvalue weighted by atomic mass is 19.1. The lowest BCUT2D eigenvalue weighted by Gasteiger charge is -2.34. The third kappa shape index (κ3) is 3.97. The normalized spacial score (nSPS) is 40.5. The maximum absolute atomic E-state index is 13.7. The zero-order valence-electron chi connectivity index (χ0n) is 14.2. The van der Waals surface area contributed by atoms with Gasteiger partial charge in [0, 0.05) is 31.6 Å². The second-order valence-electron chi connectivity index (χ2n) is 7.49. The smallest absolute Gasteiger partial charge is 0.241 e. The topological polar surface area (TPSA) is 70.4 Å². The summed E-state index contributed by atoms with van der Waals surface area (Å²) in [6, 6.07) is -0.209. The number of nitrogens with one attached hydrogen (secondary N) is 2. The molecule has 0 aromatic carbocycles. The van der Waals surface area contributed by atoms with Crippen molar-refractivity contribution < 1.29 is 9.18 Å². The van der Waals surface area contributed by atoms with Crippen LogP contribution in [-0.4, -0.2) is 48.7 Å². The van der Waals surface area contributed by atoms with Crippen molar-refractivity contribution in [3.63, 3.8) is 0 Å². The van der Waals surface area contributed by atoms with Crippen LogP contribution in [0.25, 0.3) is 0 Å². The molecule has 0 aromatic rings. The summed E-state index contributed by atoms with van der Waals surface area (Å²) in [5, 5.41) is 0. The molecule has 0 spiro atoms. The highest BCUT2D eigenvalue weighted by Crippen LogP contribution is 2.31. The Morgan fingerprint density at radius 3 is 2.59 bits per heavy atom. The van der Waals surface area contributed by atoms with Crippen molar-refractivity contribution in [2.75, 3.05) is 13.6 Å². The summed E-state index contributed by atoms with van der Waals surface area (Å²) in [6.07, 6.45) is 1.51. The highest BCUT2D eigenvalue weighted by Gasteiger charge is 2.41. The van der Waals surface area contributed by atoms with Gasteiger partial charge in [-0.15, -0.1) is 0 Å². The largest absolute Gasteiger partial charge is 0.344 e. The molecule has 2 rings (SSSR count). The van der Waals surface area contributed by atoms with Gasteiger partial charge >= 0.3 is 0 Å². The van der Waals surface area contributed by atoms with E-state index in [-0.39, 0.29) is 35.9 Å². The van der Waals surface area contributed by atoms with Crippen LogP contribution >= 0.6 is 0 Å². The third-order valence-corrected chi connectivity index (χ3v) is 5.19. The Bertz CT molecular complexity index is 382. The molecule has 1 aliphatic heterocycles. The van der Waals surface area contributed by atoms with Crippen LogP contribution < -0.4 is 16.6 Å². The fourth-order valence-electron chi connectivity index (χ4n) is 4.21. The van der Waals surface area contributed by atoms with Crippen LogP contribution in [0.3, 0.4) is 0 Å². The van der Waals surface area contributed by atoms with Crippen molar-refractivity contribution >= 4 is 5.91 Å². The fraction of sp³-hybridized carbons (Fsp3) is 0.938. The van der Waals surface area contributed by atoms with Crippen LogP contribution in [0.5, 0.6) is 0 Å².